The zero-order chi connectivity index (χ0) is 12.3. The van der Waals surface area contributed by atoms with Crippen molar-refractivity contribution in [2.75, 3.05) is 37.6 Å². The third kappa shape index (κ3) is 3.58. The number of anilines is 1. The van der Waals surface area contributed by atoms with Crippen LogP contribution in [0.3, 0.4) is 0 Å². The second-order valence-electron chi connectivity index (χ2n) is 5.02. The number of aromatic nitrogens is 1. The van der Waals surface area contributed by atoms with Crippen LogP contribution < -0.4 is 4.90 Å². The Labute approximate surface area is 108 Å². The molecule has 0 saturated carbocycles. The maximum Gasteiger partial charge on any atom is 0.128 e. The monoisotopic (exact) mass is 253 g/mol. The summed E-state index contributed by atoms with van der Waals surface area (Å²) in [4.78, 5) is 9.21. The highest BCUT2D eigenvalue weighted by atomic mass is 35.5. The lowest BCUT2D eigenvalue weighted by molar-refractivity contribution is 0.231. The molecule has 1 aliphatic heterocycles. The third-order valence-corrected chi connectivity index (χ3v) is 3.25. The molecule has 17 heavy (non-hydrogen) atoms. The van der Waals surface area contributed by atoms with E-state index in [4.69, 9.17) is 11.6 Å². The van der Waals surface area contributed by atoms with Gasteiger partial charge in [0.05, 0.1) is 5.02 Å². The van der Waals surface area contributed by atoms with Gasteiger partial charge in [-0.05, 0) is 18.1 Å². The van der Waals surface area contributed by atoms with Gasteiger partial charge in [-0.3, -0.25) is 4.90 Å². The standard InChI is InChI=1S/C13H20ClN3/c1-11(2)10-16-5-7-17(8-6-16)13-4-3-12(14)9-15-13/h3-4,9,11H,5-8,10H2,1-2H3. The van der Waals surface area contributed by atoms with E-state index in [-0.39, 0.29) is 0 Å². The van der Waals surface area contributed by atoms with Crippen LogP contribution in [0.1, 0.15) is 13.8 Å². The lowest BCUT2D eigenvalue weighted by Gasteiger charge is -2.36. The first-order valence-corrected chi connectivity index (χ1v) is 6.62. The van der Waals surface area contributed by atoms with Crippen LogP contribution in [-0.4, -0.2) is 42.6 Å². The van der Waals surface area contributed by atoms with Crippen LogP contribution in [0.2, 0.25) is 5.02 Å². The molecular formula is C13H20ClN3. The summed E-state index contributed by atoms with van der Waals surface area (Å²) in [6.45, 7) is 10.1. The van der Waals surface area contributed by atoms with Crippen LogP contribution in [0.5, 0.6) is 0 Å². The smallest absolute Gasteiger partial charge is 0.128 e. The molecule has 1 aliphatic rings. The summed E-state index contributed by atoms with van der Waals surface area (Å²) in [7, 11) is 0. The van der Waals surface area contributed by atoms with E-state index in [1.54, 1.807) is 6.20 Å². The van der Waals surface area contributed by atoms with Crippen molar-refractivity contribution in [2.45, 2.75) is 13.8 Å². The zero-order valence-corrected chi connectivity index (χ0v) is 11.3. The normalized spacial score (nSPS) is 17.8. The molecule has 0 aliphatic carbocycles. The van der Waals surface area contributed by atoms with E-state index in [0.29, 0.717) is 5.02 Å². The fourth-order valence-corrected chi connectivity index (χ4v) is 2.34. The number of halogens is 1. The maximum absolute atomic E-state index is 5.84. The van der Waals surface area contributed by atoms with Gasteiger partial charge in [0.15, 0.2) is 0 Å². The van der Waals surface area contributed by atoms with Crippen LogP contribution in [0.15, 0.2) is 18.3 Å². The van der Waals surface area contributed by atoms with Gasteiger partial charge >= 0.3 is 0 Å². The Kier molecular flexibility index (Phi) is 4.24. The molecule has 0 atom stereocenters. The number of pyridine rings is 1. The molecule has 1 aromatic heterocycles. The average Bonchev–Trinajstić information content (AvgIpc) is 2.30. The van der Waals surface area contributed by atoms with E-state index < -0.39 is 0 Å². The van der Waals surface area contributed by atoms with E-state index in [9.17, 15) is 0 Å². The number of piperazine rings is 1. The highest BCUT2D eigenvalue weighted by Gasteiger charge is 2.18. The van der Waals surface area contributed by atoms with Crippen molar-refractivity contribution in [1.82, 2.24) is 9.88 Å². The number of nitrogens with zero attached hydrogens (tertiary/aromatic N) is 3. The summed E-state index contributed by atoms with van der Waals surface area (Å²) < 4.78 is 0. The van der Waals surface area contributed by atoms with Crippen LogP contribution in [-0.2, 0) is 0 Å². The molecule has 2 heterocycles. The van der Waals surface area contributed by atoms with Crippen LogP contribution in [0.25, 0.3) is 0 Å². The Bertz CT molecular complexity index is 342. The van der Waals surface area contributed by atoms with E-state index in [1.807, 2.05) is 12.1 Å². The molecule has 0 unspecified atom stereocenters. The molecular weight excluding hydrogens is 234 g/mol. The highest BCUT2D eigenvalue weighted by molar-refractivity contribution is 6.30. The van der Waals surface area contributed by atoms with Crippen molar-refractivity contribution in [3.8, 4) is 0 Å². The van der Waals surface area contributed by atoms with Crippen LogP contribution >= 0.6 is 11.6 Å². The van der Waals surface area contributed by atoms with Gasteiger partial charge in [-0.2, -0.15) is 0 Å². The van der Waals surface area contributed by atoms with Crippen molar-refractivity contribution in [1.29, 1.82) is 0 Å². The fraction of sp³-hybridized carbons (Fsp3) is 0.615. The second kappa shape index (κ2) is 5.69. The molecule has 94 valence electrons. The Hall–Kier alpha value is -0.800. The molecule has 0 N–H and O–H groups in total. The Balaban J connectivity index is 1.88. The first-order chi connectivity index (χ1) is 8.15. The highest BCUT2D eigenvalue weighted by Crippen LogP contribution is 2.16. The minimum absolute atomic E-state index is 0.701. The van der Waals surface area contributed by atoms with Crippen molar-refractivity contribution in [3.63, 3.8) is 0 Å². The molecule has 0 amide bonds. The number of hydrogen-bond acceptors (Lipinski definition) is 3. The van der Waals surface area contributed by atoms with Crippen LogP contribution in [0, 0.1) is 5.92 Å². The van der Waals surface area contributed by atoms with E-state index in [1.165, 1.54) is 6.54 Å². The van der Waals surface area contributed by atoms with Crippen molar-refractivity contribution in [3.05, 3.63) is 23.4 Å². The number of rotatable bonds is 3. The van der Waals surface area contributed by atoms with Crippen LogP contribution in [0.4, 0.5) is 5.82 Å². The molecule has 4 heteroatoms. The van der Waals surface area contributed by atoms with Gasteiger partial charge in [0.2, 0.25) is 0 Å². The zero-order valence-electron chi connectivity index (χ0n) is 10.6. The SMILES string of the molecule is CC(C)CN1CCN(c2ccc(Cl)cn2)CC1. The second-order valence-corrected chi connectivity index (χ2v) is 5.45. The lowest BCUT2D eigenvalue weighted by Crippen LogP contribution is -2.47. The molecule has 0 spiro atoms. The first kappa shape index (κ1) is 12.7. The quantitative estimate of drug-likeness (QED) is 0.825. The molecule has 1 saturated heterocycles. The minimum atomic E-state index is 0.701. The van der Waals surface area contributed by atoms with E-state index >= 15 is 0 Å². The molecule has 2 rings (SSSR count). The molecule has 0 radical (unpaired) electrons. The first-order valence-electron chi connectivity index (χ1n) is 6.24. The predicted octanol–water partition coefficient (Wildman–Crippen LogP) is 2.51. The van der Waals surface area contributed by atoms with Crippen molar-refractivity contribution < 1.29 is 0 Å². The predicted molar refractivity (Wildman–Crippen MR) is 72.7 cm³/mol. The van der Waals surface area contributed by atoms with E-state index in [0.717, 1.165) is 37.9 Å². The summed E-state index contributed by atoms with van der Waals surface area (Å²) in [6, 6.07) is 3.91. The van der Waals surface area contributed by atoms with Gasteiger partial charge in [0.1, 0.15) is 5.82 Å². The Morgan fingerprint density at radius 3 is 2.47 bits per heavy atom. The van der Waals surface area contributed by atoms with Gasteiger partial charge in [0.25, 0.3) is 0 Å². The Morgan fingerprint density at radius 1 is 1.24 bits per heavy atom. The molecule has 3 nitrogen and oxygen atoms in total. The van der Waals surface area contributed by atoms with Gasteiger partial charge in [-0.25, -0.2) is 4.98 Å². The number of hydrogen-bond donors (Lipinski definition) is 0. The lowest BCUT2D eigenvalue weighted by atomic mass is 10.2. The van der Waals surface area contributed by atoms with Crippen molar-refractivity contribution >= 4 is 17.4 Å². The van der Waals surface area contributed by atoms with Gasteiger partial charge in [-0.1, -0.05) is 25.4 Å². The largest absolute Gasteiger partial charge is 0.354 e. The summed E-state index contributed by atoms with van der Waals surface area (Å²) >= 11 is 5.84. The third-order valence-electron chi connectivity index (χ3n) is 3.03. The van der Waals surface area contributed by atoms with Crippen molar-refractivity contribution in [2.24, 2.45) is 5.92 Å². The van der Waals surface area contributed by atoms with Gasteiger partial charge < -0.3 is 4.90 Å². The topological polar surface area (TPSA) is 19.4 Å². The fourth-order valence-electron chi connectivity index (χ4n) is 2.23. The molecule has 1 aromatic rings. The maximum atomic E-state index is 5.84. The molecule has 0 bridgehead atoms. The van der Waals surface area contributed by atoms with E-state index in [2.05, 4.69) is 28.6 Å². The van der Waals surface area contributed by atoms with Gasteiger partial charge in [0, 0.05) is 38.9 Å². The average molecular weight is 254 g/mol. The Morgan fingerprint density at radius 2 is 1.94 bits per heavy atom. The summed E-state index contributed by atoms with van der Waals surface area (Å²) in [5, 5.41) is 0.701. The molecule has 0 aromatic carbocycles. The summed E-state index contributed by atoms with van der Waals surface area (Å²) in [6.07, 6.45) is 1.72. The summed E-state index contributed by atoms with van der Waals surface area (Å²) in [5.74, 6) is 1.79. The van der Waals surface area contributed by atoms with Gasteiger partial charge in [-0.15, -0.1) is 0 Å². The minimum Gasteiger partial charge on any atom is -0.354 e. The summed E-state index contributed by atoms with van der Waals surface area (Å²) in [5.41, 5.74) is 0. The molecule has 1 fully saturated rings.